The third-order valence-electron chi connectivity index (χ3n) is 4.17. The van der Waals surface area contributed by atoms with Crippen molar-refractivity contribution in [2.75, 3.05) is 6.54 Å². The van der Waals surface area contributed by atoms with E-state index in [1.807, 2.05) is 44.2 Å². The molecule has 1 fully saturated rings. The van der Waals surface area contributed by atoms with E-state index < -0.39 is 18.1 Å². The molecule has 0 spiro atoms. The van der Waals surface area contributed by atoms with Gasteiger partial charge in [0, 0.05) is 6.54 Å². The van der Waals surface area contributed by atoms with Crippen LogP contribution in [0.15, 0.2) is 30.3 Å². The van der Waals surface area contributed by atoms with E-state index in [4.69, 9.17) is 4.74 Å². The maximum atomic E-state index is 12.4. The summed E-state index contributed by atoms with van der Waals surface area (Å²) in [6.45, 7) is 4.44. The molecule has 2 amide bonds. The number of benzene rings is 1. The number of rotatable bonds is 7. The van der Waals surface area contributed by atoms with Gasteiger partial charge in [-0.3, -0.25) is 9.59 Å². The second kappa shape index (κ2) is 8.47. The minimum absolute atomic E-state index is 0.108. The number of nitrogens with zero attached hydrogens (tertiary/aromatic N) is 1. The van der Waals surface area contributed by atoms with Crippen LogP contribution in [0.25, 0.3) is 0 Å². The van der Waals surface area contributed by atoms with E-state index in [0.717, 1.165) is 12.0 Å². The molecule has 0 aliphatic carbocycles. The predicted octanol–water partition coefficient (Wildman–Crippen LogP) is 1.49. The number of likely N-dealkylation sites (tertiary alicyclic amines) is 1. The predicted molar refractivity (Wildman–Crippen MR) is 88.8 cm³/mol. The summed E-state index contributed by atoms with van der Waals surface area (Å²) in [5.41, 5.74) is 0.891. The number of carbonyl (C=O) groups is 3. The van der Waals surface area contributed by atoms with Crippen LogP contribution in [0.1, 0.15) is 32.3 Å². The van der Waals surface area contributed by atoms with Crippen molar-refractivity contribution in [1.82, 2.24) is 10.2 Å². The Morgan fingerprint density at radius 3 is 2.67 bits per heavy atom. The van der Waals surface area contributed by atoms with Crippen molar-refractivity contribution in [3.8, 4) is 0 Å². The Hall–Kier alpha value is -2.37. The van der Waals surface area contributed by atoms with Crippen LogP contribution in [0.4, 0.5) is 0 Å². The van der Waals surface area contributed by atoms with Gasteiger partial charge in [0.05, 0.1) is 0 Å². The highest BCUT2D eigenvalue weighted by molar-refractivity contribution is 5.89. The lowest BCUT2D eigenvalue weighted by molar-refractivity contribution is -0.151. The fourth-order valence-corrected chi connectivity index (χ4v) is 2.76. The third-order valence-corrected chi connectivity index (χ3v) is 4.17. The molecule has 6 heteroatoms. The molecule has 0 radical (unpaired) electrons. The lowest BCUT2D eigenvalue weighted by atomic mass is 10.0. The molecule has 1 aliphatic rings. The van der Waals surface area contributed by atoms with Gasteiger partial charge < -0.3 is 15.0 Å². The topological polar surface area (TPSA) is 75.7 Å². The Kier molecular flexibility index (Phi) is 6.35. The van der Waals surface area contributed by atoms with E-state index in [1.54, 1.807) is 0 Å². The zero-order valence-electron chi connectivity index (χ0n) is 14.1. The monoisotopic (exact) mass is 332 g/mol. The molecule has 0 unspecified atom stereocenters. The number of carbonyl (C=O) groups excluding carboxylic acids is 3. The van der Waals surface area contributed by atoms with Crippen molar-refractivity contribution in [2.45, 2.75) is 45.4 Å². The van der Waals surface area contributed by atoms with Gasteiger partial charge in [0.15, 0.2) is 0 Å². The second-order valence-electron chi connectivity index (χ2n) is 6.32. The molecule has 2 rings (SSSR count). The molecule has 1 aromatic carbocycles. The molecule has 0 saturated carbocycles. The Balaban J connectivity index is 1.94. The number of esters is 1. The summed E-state index contributed by atoms with van der Waals surface area (Å²) in [4.78, 5) is 37.2. The average molecular weight is 332 g/mol. The lowest BCUT2D eigenvalue weighted by Gasteiger charge is -2.25. The van der Waals surface area contributed by atoms with Crippen molar-refractivity contribution in [1.29, 1.82) is 0 Å². The highest BCUT2D eigenvalue weighted by Gasteiger charge is 2.33. The van der Waals surface area contributed by atoms with E-state index in [0.29, 0.717) is 19.4 Å². The van der Waals surface area contributed by atoms with Crippen LogP contribution >= 0.6 is 0 Å². The largest absolute Gasteiger partial charge is 0.459 e. The molecule has 2 atom stereocenters. The van der Waals surface area contributed by atoms with Gasteiger partial charge in [-0.15, -0.1) is 0 Å². The van der Waals surface area contributed by atoms with Crippen LogP contribution in [0, 0.1) is 5.92 Å². The third kappa shape index (κ3) is 4.57. The zero-order chi connectivity index (χ0) is 17.5. The van der Waals surface area contributed by atoms with Gasteiger partial charge >= 0.3 is 5.97 Å². The Labute approximate surface area is 142 Å². The summed E-state index contributed by atoms with van der Waals surface area (Å²) < 4.78 is 5.33. The van der Waals surface area contributed by atoms with Gasteiger partial charge in [-0.25, -0.2) is 4.79 Å². The molecule has 130 valence electrons. The molecule has 0 bridgehead atoms. The van der Waals surface area contributed by atoms with E-state index in [2.05, 4.69) is 5.32 Å². The number of hydrogen-bond acceptors (Lipinski definition) is 4. The fourth-order valence-electron chi connectivity index (χ4n) is 2.76. The first-order valence-corrected chi connectivity index (χ1v) is 8.25. The molecule has 6 nitrogen and oxygen atoms in total. The number of ether oxygens (including phenoxy) is 1. The summed E-state index contributed by atoms with van der Waals surface area (Å²) in [5.74, 6) is -0.865. The fraction of sp³-hybridized carbons (Fsp3) is 0.500. The number of nitrogens with one attached hydrogen (secondary N) is 1. The van der Waals surface area contributed by atoms with E-state index >= 15 is 0 Å². The number of amides is 2. The van der Waals surface area contributed by atoms with E-state index in [-0.39, 0.29) is 18.4 Å². The first kappa shape index (κ1) is 18.0. The highest BCUT2D eigenvalue weighted by atomic mass is 16.5. The first-order valence-electron chi connectivity index (χ1n) is 8.25. The summed E-state index contributed by atoms with van der Waals surface area (Å²) in [5, 5.41) is 2.74. The van der Waals surface area contributed by atoms with Crippen molar-refractivity contribution in [2.24, 2.45) is 5.92 Å². The van der Waals surface area contributed by atoms with Gasteiger partial charge in [0.2, 0.25) is 12.3 Å². The summed E-state index contributed by atoms with van der Waals surface area (Å²) in [6, 6.07) is 8.16. The van der Waals surface area contributed by atoms with Gasteiger partial charge in [0.1, 0.15) is 18.7 Å². The summed E-state index contributed by atoms with van der Waals surface area (Å²) in [6.07, 6.45) is 2.10. The van der Waals surface area contributed by atoms with Crippen molar-refractivity contribution >= 4 is 18.3 Å². The van der Waals surface area contributed by atoms with Crippen LogP contribution in [0.2, 0.25) is 0 Å². The highest BCUT2D eigenvalue weighted by Crippen LogP contribution is 2.16. The average Bonchev–Trinajstić information content (AvgIpc) is 3.06. The molecule has 1 saturated heterocycles. The molecule has 24 heavy (non-hydrogen) atoms. The van der Waals surface area contributed by atoms with Gasteiger partial charge in [-0.05, 0) is 24.3 Å². The Bertz CT molecular complexity index is 574. The molecule has 1 aromatic rings. The minimum atomic E-state index is -0.727. The molecule has 1 N–H and O–H groups in total. The van der Waals surface area contributed by atoms with Crippen LogP contribution in [-0.2, 0) is 25.7 Å². The van der Waals surface area contributed by atoms with Crippen LogP contribution in [0.3, 0.4) is 0 Å². The summed E-state index contributed by atoms with van der Waals surface area (Å²) >= 11 is 0. The number of hydrogen-bond donors (Lipinski definition) is 1. The molecular weight excluding hydrogens is 308 g/mol. The molecule has 1 aliphatic heterocycles. The van der Waals surface area contributed by atoms with Gasteiger partial charge in [-0.1, -0.05) is 44.2 Å². The van der Waals surface area contributed by atoms with Crippen molar-refractivity contribution in [3.63, 3.8) is 0 Å². The normalized spacial score (nSPS) is 18.3. The molecule has 1 heterocycles. The van der Waals surface area contributed by atoms with E-state index in [1.165, 1.54) is 4.90 Å². The van der Waals surface area contributed by atoms with Crippen LogP contribution < -0.4 is 5.32 Å². The Morgan fingerprint density at radius 2 is 2.04 bits per heavy atom. The second-order valence-corrected chi connectivity index (χ2v) is 6.32. The van der Waals surface area contributed by atoms with Gasteiger partial charge in [0.25, 0.3) is 0 Å². The van der Waals surface area contributed by atoms with Crippen LogP contribution in [0.5, 0.6) is 0 Å². The maximum absolute atomic E-state index is 12.4. The molecular formula is C18H24N2O4. The van der Waals surface area contributed by atoms with Crippen molar-refractivity contribution in [3.05, 3.63) is 35.9 Å². The smallest absolute Gasteiger partial charge is 0.329 e. The first-order chi connectivity index (χ1) is 11.5. The maximum Gasteiger partial charge on any atom is 0.329 e. The van der Waals surface area contributed by atoms with Crippen molar-refractivity contribution < 1.29 is 19.1 Å². The minimum Gasteiger partial charge on any atom is -0.459 e. The van der Waals surface area contributed by atoms with Gasteiger partial charge in [-0.2, -0.15) is 0 Å². The van der Waals surface area contributed by atoms with E-state index in [9.17, 15) is 14.4 Å². The van der Waals surface area contributed by atoms with Crippen LogP contribution in [-0.4, -0.2) is 41.8 Å². The standard InChI is InChI=1S/C18H24N2O4/c1-13(2)16(18(23)24-11-14-7-4-3-5-8-14)19-17(22)15-9-6-10-20(15)12-21/h3-5,7-8,12-13,15-16H,6,9-11H2,1-2H3,(H,19,22)/t15-,16-/m0/s1. The SMILES string of the molecule is CC(C)[C@H](NC(=O)[C@@H]1CCCN1C=O)C(=O)OCc1ccccc1. The lowest BCUT2D eigenvalue weighted by Crippen LogP contribution is -2.51. The Morgan fingerprint density at radius 1 is 1.33 bits per heavy atom. The summed E-state index contributed by atoms with van der Waals surface area (Å²) in [7, 11) is 0. The quantitative estimate of drug-likeness (QED) is 0.606. The zero-order valence-corrected chi connectivity index (χ0v) is 14.1. The molecule has 0 aromatic heterocycles.